The van der Waals surface area contributed by atoms with Crippen LogP contribution in [0.25, 0.3) is 17.0 Å². The molecule has 1 aromatic carbocycles. The normalized spacial score (nSPS) is 10.7. The van der Waals surface area contributed by atoms with Gasteiger partial charge in [0.05, 0.1) is 19.0 Å². The Bertz CT molecular complexity index is 1060. The van der Waals surface area contributed by atoms with Crippen LogP contribution in [0.2, 0.25) is 0 Å². The molecule has 0 spiro atoms. The molecule has 3 heterocycles. The fraction of sp³-hybridized carbons (Fsp3) is 0.0588. The molecule has 9 heteroatoms. The molecule has 0 aliphatic rings. The summed E-state index contributed by atoms with van der Waals surface area (Å²) in [6.07, 6.45) is 5.93. The maximum Gasteiger partial charge on any atom is 0.278 e. The van der Waals surface area contributed by atoms with Crippen molar-refractivity contribution < 1.29 is 9.53 Å². The van der Waals surface area contributed by atoms with Crippen molar-refractivity contribution in [1.82, 2.24) is 29.5 Å². The molecule has 0 bridgehead atoms. The summed E-state index contributed by atoms with van der Waals surface area (Å²) >= 11 is 0. The first-order valence-electron chi connectivity index (χ1n) is 7.68. The van der Waals surface area contributed by atoms with Crippen molar-refractivity contribution in [3.05, 3.63) is 60.8 Å². The Morgan fingerprint density at radius 1 is 1.08 bits per heavy atom. The molecule has 3 aromatic heterocycles. The molecule has 0 aliphatic carbocycles. The molecule has 1 N–H and O–H groups in total. The number of aromatic nitrogens is 6. The van der Waals surface area contributed by atoms with E-state index in [1.807, 2.05) is 30.3 Å². The summed E-state index contributed by atoms with van der Waals surface area (Å²) in [5, 5.41) is 6.93. The van der Waals surface area contributed by atoms with Crippen LogP contribution in [0.4, 0.5) is 5.95 Å². The summed E-state index contributed by atoms with van der Waals surface area (Å²) in [7, 11) is 1.61. The third-order valence-electron chi connectivity index (χ3n) is 3.65. The second-order valence-electron chi connectivity index (χ2n) is 5.25. The van der Waals surface area contributed by atoms with Crippen molar-refractivity contribution in [2.75, 3.05) is 12.4 Å². The van der Waals surface area contributed by atoms with Crippen LogP contribution in [0.5, 0.6) is 5.75 Å². The second-order valence-corrected chi connectivity index (χ2v) is 5.25. The maximum absolute atomic E-state index is 12.2. The highest BCUT2D eigenvalue weighted by molar-refractivity contribution is 6.01. The molecule has 4 aromatic rings. The Labute approximate surface area is 147 Å². The number of fused-ring (bicyclic) bond motifs is 1. The molecular formula is C17H13N7O2. The van der Waals surface area contributed by atoms with Gasteiger partial charge in [-0.25, -0.2) is 9.97 Å². The summed E-state index contributed by atoms with van der Waals surface area (Å²) in [6.45, 7) is 0. The van der Waals surface area contributed by atoms with Crippen LogP contribution in [0.1, 0.15) is 10.5 Å². The lowest BCUT2D eigenvalue weighted by atomic mass is 10.1. The van der Waals surface area contributed by atoms with Crippen LogP contribution in [0.15, 0.2) is 55.1 Å². The number of benzene rings is 1. The number of rotatable bonds is 4. The molecule has 4 rings (SSSR count). The smallest absolute Gasteiger partial charge is 0.278 e. The van der Waals surface area contributed by atoms with Gasteiger partial charge in [0.25, 0.3) is 17.6 Å². The van der Waals surface area contributed by atoms with Crippen LogP contribution in [-0.2, 0) is 0 Å². The minimum atomic E-state index is -0.444. The number of carbonyl (C=O) groups excluding carboxylic acids is 1. The molecule has 9 nitrogen and oxygen atoms in total. The number of amides is 1. The molecule has 0 radical (unpaired) electrons. The van der Waals surface area contributed by atoms with E-state index >= 15 is 0 Å². The van der Waals surface area contributed by atoms with Crippen molar-refractivity contribution in [3.8, 4) is 17.0 Å². The first-order chi connectivity index (χ1) is 12.7. The van der Waals surface area contributed by atoms with E-state index in [1.54, 1.807) is 17.8 Å². The lowest BCUT2D eigenvalue weighted by Gasteiger charge is -2.05. The van der Waals surface area contributed by atoms with Gasteiger partial charge >= 0.3 is 0 Å². The molecule has 1 amide bonds. The zero-order valence-corrected chi connectivity index (χ0v) is 13.7. The van der Waals surface area contributed by atoms with Crippen molar-refractivity contribution >= 4 is 17.6 Å². The average molecular weight is 347 g/mol. The largest absolute Gasteiger partial charge is 0.497 e. The fourth-order valence-electron chi connectivity index (χ4n) is 2.41. The predicted molar refractivity (Wildman–Crippen MR) is 92.8 cm³/mol. The number of anilines is 1. The minimum Gasteiger partial charge on any atom is -0.497 e. The van der Waals surface area contributed by atoms with E-state index in [9.17, 15) is 4.79 Å². The standard InChI is InChI=1S/C17H13N7O2/c1-26-12-4-2-11(3-5-12)14-6-7-20-17-22-16(23-24(14)17)21-15(25)13-10-18-8-9-19-13/h2-10H,1H3,(H,21,23,25). The molecule has 0 aliphatic heterocycles. The third kappa shape index (κ3) is 2.93. The first-order valence-corrected chi connectivity index (χ1v) is 7.68. The van der Waals surface area contributed by atoms with Crippen LogP contribution in [0.3, 0.4) is 0 Å². The third-order valence-corrected chi connectivity index (χ3v) is 3.65. The number of nitrogens with one attached hydrogen (secondary N) is 1. The lowest BCUT2D eigenvalue weighted by Crippen LogP contribution is -2.14. The number of nitrogens with zero attached hydrogens (tertiary/aromatic N) is 6. The van der Waals surface area contributed by atoms with Crippen LogP contribution in [0, 0.1) is 0 Å². The van der Waals surface area contributed by atoms with Crippen molar-refractivity contribution in [1.29, 1.82) is 0 Å². The van der Waals surface area contributed by atoms with Crippen LogP contribution < -0.4 is 10.1 Å². The summed E-state index contributed by atoms with van der Waals surface area (Å²) < 4.78 is 6.74. The van der Waals surface area contributed by atoms with Gasteiger partial charge in [-0.15, -0.1) is 5.10 Å². The van der Waals surface area contributed by atoms with Gasteiger partial charge in [0.2, 0.25) is 0 Å². The van der Waals surface area contributed by atoms with E-state index < -0.39 is 5.91 Å². The number of carbonyl (C=O) groups is 1. The molecule has 0 saturated heterocycles. The number of methoxy groups -OCH3 is 1. The Kier molecular flexibility index (Phi) is 3.94. The van der Waals surface area contributed by atoms with Crippen molar-refractivity contribution in [3.63, 3.8) is 0 Å². The monoisotopic (exact) mass is 347 g/mol. The number of hydrogen-bond acceptors (Lipinski definition) is 7. The summed E-state index contributed by atoms with van der Waals surface area (Å²) in [5.74, 6) is 0.816. The van der Waals surface area contributed by atoms with Crippen LogP contribution >= 0.6 is 0 Å². The van der Waals surface area contributed by atoms with Gasteiger partial charge in [-0.3, -0.25) is 15.1 Å². The number of hydrogen-bond donors (Lipinski definition) is 1. The topological polar surface area (TPSA) is 107 Å². The Morgan fingerprint density at radius 2 is 1.92 bits per heavy atom. The Morgan fingerprint density at radius 3 is 2.65 bits per heavy atom. The van der Waals surface area contributed by atoms with E-state index in [0.29, 0.717) is 5.78 Å². The second kappa shape index (κ2) is 6.55. The van der Waals surface area contributed by atoms with Crippen molar-refractivity contribution in [2.24, 2.45) is 0 Å². The maximum atomic E-state index is 12.2. The van der Waals surface area contributed by atoms with E-state index in [0.717, 1.165) is 17.0 Å². The van der Waals surface area contributed by atoms with Gasteiger partial charge in [-0.2, -0.15) is 9.50 Å². The van der Waals surface area contributed by atoms with Gasteiger partial charge in [-0.1, -0.05) is 0 Å². The van der Waals surface area contributed by atoms with Gasteiger partial charge in [0.15, 0.2) is 0 Å². The van der Waals surface area contributed by atoms with E-state index in [1.165, 1.54) is 18.6 Å². The van der Waals surface area contributed by atoms with Gasteiger partial charge in [-0.05, 0) is 30.3 Å². The van der Waals surface area contributed by atoms with E-state index in [4.69, 9.17) is 4.74 Å². The Balaban J connectivity index is 1.68. The lowest BCUT2D eigenvalue weighted by molar-refractivity contribution is 0.102. The highest BCUT2D eigenvalue weighted by Crippen LogP contribution is 2.22. The van der Waals surface area contributed by atoms with Crippen LogP contribution in [-0.4, -0.2) is 42.6 Å². The van der Waals surface area contributed by atoms with Gasteiger partial charge < -0.3 is 4.74 Å². The molecule has 26 heavy (non-hydrogen) atoms. The van der Waals surface area contributed by atoms with E-state index in [-0.39, 0.29) is 11.6 Å². The molecular weight excluding hydrogens is 334 g/mol. The fourth-order valence-corrected chi connectivity index (χ4v) is 2.41. The van der Waals surface area contributed by atoms with Gasteiger partial charge in [0.1, 0.15) is 11.4 Å². The predicted octanol–water partition coefficient (Wildman–Crippen LogP) is 1.84. The summed E-state index contributed by atoms with van der Waals surface area (Å²) in [4.78, 5) is 28.4. The zero-order chi connectivity index (χ0) is 17.9. The van der Waals surface area contributed by atoms with Crippen molar-refractivity contribution in [2.45, 2.75) is 0 Å². The summed E-state index contributed by atoms with van der Waals surface area (Å²) in [5.41, 5.74) is 1.87. The molecule has 0 saturated carbocycles. The summed E-state index contributed by atoms with van der Waals surface area (Å²) in [6, 6.07) is 9.35. The zero-order valence-electron chi connectivity index (χ0n) is 13.7. The van der Waals surface area contributed by atoms with E-state index in [2.05, 4.69) is 30.4 Å². The molecule has 0 fully saturated rings. The molecule has 0 unspecified atom stereocenters. The number of ether oxygens (including phenoxy) is 1. The average Bonchev–Trinajstić information content (AvgIpc) is 3.11. The highest BCUT2D eigenvalue weighted by Gasteiger charge is 2.14. The molecule has 0 atom stereocenters. The van der Waals surface area contributed by atoms with Gasteiger partial charge in [0, 0.05) is 24.2 Å². The molecule has 128 valence electrons. The SMILES string of the molecule is COc1ccc(-c2ccnc3nc(NC(=O)c4cnccn4)nn23)cc1. The first kappa shape index (κ1) is 15.6. The highest BCUT2D eigenvalue weighted by atomic mass is 16.5. The Hall–Kier alpha value is -3.88. The minimum absolute atomic E-state index is 0.133. The quantitative estimate of drug-likeness (QED) is 0.600.